The quantitative estimate of drug-likeness (QED) is 0.317. The molecule has 0 fully saturated rings. The van der Waals surface area contributed by atoms with Gasteiger partial charge in [-0.05, 0) is 45.7 Å². The van der Waals surface area contributed by atoms with Crippen LogP contribution in [0.4, 0.5) is 15.3 Å². The second kappa shape index (κ2) is 12.1. The molecule has 38 heavy (non-hydrogen) atoms. The predicted molar refractivity (Wildman–Crippen MR) is 149 cm³/mol. The highest BCUT2D eigenvalue weighted by Gasteiger charge is 2.47. The summed E-state index contributed by atoms with van der Waals surface area (Å²) in [4.78, 5) is 29.9. The molecule has 208 valence electrons. The van der Waals surface area contributed by atoms with Crippen LogP contribution in [0.3, 0.4) is 0 Å². The highest BCUT2D eigenvalue weighted by atomic mass is 35.6. The summed E-state index contributed by atoms with van der Waals surface area (Å²) in [7, 11) is 3.02. The van der Waals surface area contributed by atoms with Crippen LogP contribution in [0.5, 0.6) is 11.5 Å². The lowest BCUT2D eigenvalue weighted by molar-refractivity contribution is 0.0437. The molecule has 1 heterocycles. The monoisotopic (exact) mass is 586 g/mol. The van der Waals surface area contributed by atoms with E-state index >= 15 is 0 Å². The Morgan fingerprint density at radius 3 is 2.21 bits per heavy atom. The van der Waals surface area contributed by atoms with Crippen molar-refractivity contribution in [3.8, 4) is 11.5 Å². The van der Waals surface area contributed by atoms with E-state index in [-0.39, 0.29) is 6.61 Å². The molecule has 0 unspecified atom stereocenters. The lowest BCUT2D eigenvalue weighted by atomic mass is 9.90. The van der Waals surface area contributed by atoms with E-state index in [4.69, 9.17) is 53.8 Å². The second-order valence-electron chi connectivity index (χ2n) is 9.42. The number of carbonyl (C=O) groups excluding carboxylic acids is 2. The zero-order valence-corrected chi connectivity index (χ0v) is 24.6. The summed E-state index contributed by atoms with van der Waals surface area (Å²) >= 11 is 18.2. The molecule has 1 aliphatic heterocycles. The van der Waals surface area contributed by atoms with E-state index in [1.165, 1.54) is 33.0 Å². The molecule has 2 amide bonds. The Labute approximate surface area is 238 Å². The molecule has 11 heteroatoms. The van der Waals surface area contributed by atoms with Crippen molar-refractivity contribution in [1.82, 2.24) is 4.90 Å². The summed E-state index contributed by atoms with van der Waals surface area (Å²) in [6.07, 6.45) is -0.786. The first kappa shape index (κ1) is 30.0. The number of benzene rings is 2. The highest BCUT2D eigenvalue weighted by Crippen LogP contribution is 2.47. The van der Waals surface area contributed by atoms with Crippen LogP contribution >= 0.6 is 34.8 Å². The van der Waals surface area contributed by atoms with Gasteiger partial charge in [-0.1, -0.05) is 65.1 Å². The Morgan fingerprint density at radius 2 is 1.66 bits per heavy atom. The van der Waals surface area contributed by atoms with E-state index in [1.54, 1.807) is 24.0 Å². The number of alkyl halides is 3. The zero-order valence-electron chi connectivity index (χ0n) is 22.3. The number of amides is 2. The average Bonchev–Trinajstić information content (AvgIpc) is 2.85. The molecule has 2 aromatic carbocycles. The van der Waals surface area contributed by atoms with Crippen LogP contribution in [0.25, 0.3) is 0 Å². The van der Waals surface area contributed by atoms with Gasteiger partial charge in [0.15, 0.2) is 17.1 Å². The molecule has 8 nitrogen and oxygen atoms in total. The Bertz CT molecular complexity index is 1140. The van der Waals surface area contributed by atoms with E-state index in [0.29, 0.717) is 35.7 Å². The van der Waals surface area contributed by atoms with E-state index in [9.17, 15) is 9.59 Å². The third-order valence-electron chi connectivity index (χ3n) is 6.45. The van der Waals surface area contributed by atoms with Crippen LogP contribution in [0.15, 0.2) is 42.5 Å². The van der Waals surface area contributed by atoms with Crippen molar-refractivity contribution in [1.29, 1.82) is 0 Å². The summed E-state index contributed by atoms with van der Waals surface area (Å²) < 4.78 is 20.4. The van der Waals surface area contributed by atoms with Crippen LogP contribution < -0.4 is 14.4 Å². The van der Waals surface area contributed by atoms with Crippen molar-refractivity contribution in [2.24, 2.45) is 0 Å². The van der Waals surface area contributed by atoms with Gasteiger partial charge in [-0.25, -0.2) is 9.59 Å². The largest absolute Gasteiger partial charge is 0.493 e. The summed E-state index contributed by atoms with van der Waals surface area (Å²) in [6.45, 7) is 7.18. The maximum atomic E-state index is 13.5. The summed E-state index contributed by atoms with van der Waals surface area (Å²) in [6, 6.07) is 12.2. The first-order valence-corrected chi connectivity index (χ1v) is 13.3. The molecule has 1 aliphatic rings. The number of halogens is 3. The number of ether oxygens (including phenoxy) is 4. The number of rotatable bonds is 7. The third kappa shape index (κ3) is 6.35. The Balaban J connectivity index is 2.14. The van der Waals surface area contributed by atoms with Gasteiger partial charge in [0, 0.05) is 24.2 Å². The molecule has 0 bridgehead atoms. The average molecular weight is 588 g/mol. The van der Waals surface area contributed by atoms with Gasteiger partial charge in [0.05, 0.1) is 32.6 Å². The standard InChI is InChI=1S/C27H33Cl3N2O6/c1-7-37-24(33)31(16-18-11-9-8-10-12-18)20-13-17(2)32(25(34)38-26(3,4)27(28,29)30)21-15-23(36-6)22(35-5)14-19(20)21/h8-12,14-15,17,20H,7,13,16H2,1-6H3/t17-,20+/m0/s1. The van der Waals surface area contributed by atoms with Crippen LogP contribution in [0.1, 0.15) is 51.3 Å². The lowest BCUT2D eigenvalue weighted by Crippen LogP contribution is -2.51. The number of fused-ring (bicyclic) bond motifs is 1. The number of carbonyl (C=O) groups is 2. The van der Waals surface area contributed by atoms with E-state index in [1.807, 2.05) is 37.3 Å². The van der Waals surface area contributed by atoms with Crippen molar-refractivity contribution < 1.29 is 28.5 Å². The van der Waals surface area contributed by atoms with Crippen molar-refractivity contribution in [2.75, 3.05) is 25.7 Å². The molecule has 0 radical (unpaired) electrons. The molecular weight excluding hydrogens is 555 g/mol. The number of hydrogen-bond donors (Lipinski definition) is 0. The molecule has 0 spiro atoms. The van der Waals surface area contributed by atoms with Crippen LogP contribution in [-0.4, -0.2) is 53.3 Å². The van der Waals surface area contributed by atoms with E-state index in [0.717, 1.165) is 5.56 Å². The van der Waals surface area contributed by atoms with Crippen LogP contribution in [0.2, 0.25) is 0 Å². The van der Waals surface area contributed by atoms with Crippen molar-refractivity contribution in [3.05, 3.63) is 53.6 Å². The first-order valence-electron chi connectivity index (χ1n) is 12.2. The zero-order chi connectivity index (χ0) is 28.3. The fraction of sp³-hybridized carbons (Fsp3) is 0.481. The Kier molecular flexibility index (Phi) is 9.55. The molecule has 3 rings (SSSR count). The molecule has 2 atom stereocenters. The SMILES string of the molecule is CCOC(=O)N(Cc1ccccc1)[C@@H]1C[C@H](C)N(C(=O)OC(C)(C)C(Cl)(Cl)Cl)c2cc(OC)c(OC)cc21. The highest BCUT2D eigenvalue weighted by molar-refractivity contribution is 6.68. The predicted octanol–water partition coefficient (Wildman–Crippen LogP) is 7.29. The molecule has 0 saturated heterocycles. The van der Waals surface area contributed by atoms with Gasteiger partial charge >= 0.3 is 12.2 Å². The van der Waals surface area contributed by atoms with Gasteiger partial charge in [0.1, 0.15) is 0 Å². The molecule has 0 aliphatic carbocycles. The van der Waals surface area contributed by atoms with Crippen LogP contribution in [0, 0.1) is 0 Å². The molecule has 0 N–H and O–H groups in total. The van der Waals surface area contributed by atoms with Crippen LogP contribution in [-0.2, 0) is 16.0 Å². The van der Waals surface area contributed by atoms with Gasteiger partial charge in [0.2, 0.25) is 3.79 Å². The normalized spacial score (nSPS) is 17.3. The molecular formula is C27H33Cl3N2O6. The number of anilines is 1. The Morgan fingerprint density at radius 1 is 1.05 bits per heavy atom. The maximum absolute atomic E-state index is 13.5. The van der Waals surface area contributed by atoms with Crippen molar-refractivity contribution in [3.63, 3.8) is 0 Å². The summed E-state index contributed by atoms with van der Waals surface area (Å²) in [5.41, 5.74) is 0.653. The minimum Gasteiger partial charge on any atom is -0.493 e. The number of hydrogen-bond acceptors (Lipinski definition) is 6. The maximum Gasteiger partial charge on any atom is 0.415 e. The van der Waals surface area contributed by atoms with Gasteiger partial charge in [0.25, 0.3) is 0 Å². The fourth-order valence-corrected chi connectivity index (χ4v) is 4.46. The topological polar surface area (TPSA) is 77.5 Å². The fourth-order valence-electron chi connectivity index (χ4n) is 4.34. The first-order chi connectivity index (χ1) is 17.8. The molecule has 2 aromatic rings. The second-order valence-corrected chi connectivity index (χ2v) is 11.7. The number of nitrogens with zero attached hydrogens (tertiary/aromatic N) is 2. The summed E-state index contributed by atoms with van der Waals surface area (Å²) in [5.74, 6) is 0.854. The van der Waals surface area contributed by atoms with Crippen molar-refractivity contribution >= 4 is 52.7 Å². The molecule has 0 saturated carbocycles. The Hall–Kier alpha value is -2.55. The van der Waals surface area contributed by atoms with Gasteiger partial charge < -0.3 is 18.9 Å². The van der Waals surface area contributed by atoms with Gasteiger partial charge in [-0.15, -0.1) is 0 Å². The summed E-state index contributed by atoms with van der Waals surface area (Å²) in [5, 5.41) is 0. The van der Waals surface area contributed by atoms with Gasteiger partial charge in [-0.3, -0.25) is 9.80 Å². The smallest absolute Gasteiger partial charge is 0.415 e. The number of methoxy groups -OCH3 is 2. The minimum atomic E-state index is -1.86. The third-order valence-corrected chi connectivity index (χ3v) is 7.82. The molecule has 0 aromatic heterocycles. The van der Waals surface area contributed by atoms with E-state index < -0.39 is 33.7 Å². The van der Waals surface area contributed by atoms with E-state index in [2.05, 4.69) is 0 Å². The lowest BCUT2D eigenvalue weighted by Gasteiger charge is -2.44. The van der Waals surface area contributed by atoms with Crippen molar-refractivity contribution in [2.45, 2.75) is 62.1 Å². The minimum absolute atomic E-state index is 0.218. The van der Waals surface area contributed by atoms with Gasteiger partial charge in [-0.2, -0.15) is 0 Å².